The van der Waals surface area contributed by atoms with Crippen LogP contribution in [0.1, 0.15) is 22.5 Å². The first-order chi connectivity index (χ1) is 14.0. The summed E-state index contributed by atoms with van der Waals surface area (Å²) in [5.41, 5.74) is 5.43. The van der Waals surface area contributed by atoms with Gasteiger partial charge in [-0.15, -0.1) is 0 Å². The molecule has 3 rings (SSSR count). The minimum atomic E-state index is -0.166. The van der Waals surface area contributed by atoms with Crippen molar-refractivity contribution < 1.29 is 4.79 Å². The molecule has 0 saturated carbocycles. The number of hydrogen-bond acceptors (Lipinski definition) is 3. The summed E-state index contributed by atoms with van der Waals surface area (Å²) in [5.74, 6) is 0. The van der Waals surface area contributed by atoms with Gasteiger partial charge in [-0.1, -0.05) is 48.5 Å². The SMILES string of the molecule is Cc1nn(Cc2ccccc2)c(C)c1CNC(=O)NCCN(C)c1ccccc1. The van der Waals surface area contributed by atoms with Crippen LogP contribution in [0, 0.1) is 13.8 Å². The zero-order chi connectivity index (χ0) is 20.6. The maximum absolute atomic E-state index is 12.2. The monoisotopic (exact) mass is 391 g/mol. The molecule has 2 N–H and O–H groups in total. The Kier molecular flexibility index (Phi) is 6.89. The van der Waals surface area contributed by atoms with Crippen LogP contribution in [-0.2, 0) is 13.1 Å². The molecule has 29 heavy (non-hydrogen) atoms. The van der Waals surface area contributed by atoms with E-state index in [0.29, 0.717) is 13.1 Å². The van der Waals surface area contributed by atoms with Crippen molar-refractivity contribution in [1.82, 2.24) is 20.4 Å². The fourth-order valence-electron chi connectivity index (χ4n) is 3.28. The predicted octanol–water partition coefficient (Wildman–Crippen LogP) is 3.48. The maximum atomic E-state index is 12.2. The minimum Gasteiger partial charge on any atom is -0.373 e. The minimum absolute atomic E-state index is 0.166. The first-order valence-electron chi connectivity index (χ1n) is 9.89. The van der Waals surface area contributed by atoms with Gasteiger partial charge in [0.15, 0.2) is 0 Å². The van der Waals surface area contributed by atoms with Gasteiger partial charge < -0.3 is 15.5 Å². The second-order valence-corrected chi connectivity index (χ2v) is 7.16. The summed E-state index contributed by atoms with van der Waals surface area (Å²) >= 11 is 0. The summed E-state index contributed by atoms with van der Waals surface area (Å²) in [6.45, 7) is 6.54. The highest BCUT2D eigenvalue weighted by Crippen LogP contribution is 2.14. The van der Waals surface area contributed by atoms with Crippen molar-refractivity contribution in [3.05, 3.63) is 83.2 Å². The van der Waals surface area contributed by atoms with Gasteiger partial charge in [-0.2, -0.15) is 5.10 Å². The van der Waals surface area contributed by atoms with E-state index < -0.39 is 0 Å². The molecule has 1 heterocycles. The van der Waals surface area contributed by atoms with Crippen LogP contribution in [0.2, 0.25) is 0 Å². The summed E-state index contributed by atoms with van der Waals surface area (Å²) in [7, 11) is 2.02. The Hall–Kier alpha value is -3.28. The van der Waals surface area contributed by atoms with Crippen molar-refractivity contribution in [3.8, 4) is 0 Å². The normalized spacial score (nSPS) is 10.6. The van der Waals surface area contributed by atoms with Gasteiger partial charge in [-0.25, -0.2) is 4.79 Å². The van der Waals surface area contributed by atoms with Crippen molar-refractivity contribution in [2.24, 2.45) is 0 Å². The molecule has 0 saturated heterocycles. The van der Waals surface area contributed by atoms with Crippen LogP contribution >= 0.6 is 0 Å². The Labute approximate surface area is 172 Å². The first kappa shape index (κ1) is 20.5. The number of aryl methyl sites for hydroxylation is 1. The Bertz CT molecular complexity index is 921. The number of nitrogens with one attached hydrogen (secondary N) is 2. The van der Waals surface area contributed by atoms with E-state index in [9.17, 15) is 4.79 Å². The van der Waals surface area contributed by atoms with Crippen LogP contribution in [0.4, 0.5) is 10.5 Å². The van der Waals surface area contributed by atoms with E-state index >= 15 is 0 Å². The highest BCUT2D eigenvalue weighted by molar-refractivity contribution is 5.73. The summed E-state index contributed by atoms with van der Waals surface area (Å²) in [6, 6.07) is 20.2. The quantitative estimate of drug-likeness (QED) is 0.618. The van der Waals surface area contributed by atoms with E-state index in [-0.39, 0.29) is 6.03 Å². The molecule has 2 amide bonds. The van der Waals surface area contributed by atoms with Gasteiger partial charge in [0.25, 0.3) is 0 Å². The van der Waals surface area contributed by atoms with Crippen molar-refractivity contribution in [2.45, 2.75) is 26.9 Å². The van der Waals surface area contributed by atoms with E-state index in [2.05, 4.69) is 44.9 Å². The Balaban J connectivity index is 1.47. The third kappa shape index (κ3) is 5.60. The second-order valence-electron chi connectivity index (χ2n) is 7.16. The molecule has 6 heteroatoms. The molecule has 0 atom stereocenters. The molecule has 6 nitrogen and oxygen atoms in total. The number of anilines is 1. The third-order valence-electron chi connectivity index (χ3n) is 5.06. The van der Waals surface area contributed by atoms with E-state index in [0.717, 1.165) is 35.7 Å². The van der Waals surface area contributed by atoms with E-state index in [1.165, 1.54) is 5.56 Å². The smallest absolute Gasteiger partial charge is 0.315 e. The van der Waals surface area contributed by atoms with E-state index in [1.54, 1.807) is 0 Å². The number of hydrogen-bond donors (Lipinski definition) is 2. The number of likely N-dealkylation sites (N-methyl/N-ethyl adjacent to an activating group) is 1. The fraction of sp³-hybridized carbons (Fsp3) is 0.304. The summed E-state index contributed by atoms with van der Waals surface area (Å²) in [5, 5.41) is 10.5. The first-order valence-corrected chi connectivity index (χ1v) is 9.89. The van der Waals surface area contributed by atoms with Gasteiger partial charge >= 0.3 is 6.03 Å². The molecule has 0 unspecified atom stereocenters. The van der Waals surface area contributed by atoms with Gasteiger partial charge in [0, 0.05) is 43.6 Å². The van der Waals surface area contributed by atoms with Crippen LogP contribution in [0.15, 0.2) is 60.7 Å². The number of carbonyl (C=O) groups excluding carboxylic acids is 1. The number of benzene rings is 2. The fourth-order valence-corrected chi connectivity index (χ4v) is 3.28. The molecule has 0 aliphatic heterocycles. The average Bonchev–Trinajstić information content (AvgIpc) is 3.00. The molecule has 1 aromatic heterocycles. The predicted molar refractivity (Wildman–Crippen MR) is 117 cm³/mol. The topological polar surface area (TPSA) is 62.2 Å². The van der Waals surface area contributed by atoms with E-state index in [4.69, 9.17) is 0 Å². The number of nitrogens with zero attached hydrogens (tertiary/aromatic N) is 3. The van der Waals surface area contributed by atoms with Gasteiger partial charge in [0.1, 0.15) is 0 Å². The van der Waals surface area contributed by atoms with Gasteiger partial charge in [0.2, 0.25) is 0 Å². The second kappa shape index (κ2) is 9.78. The van der Waals surface area contributed by atoms with Crippen LogP contribution in [0.3, 0.4) is 0 Å². The van der Waals surface area contributed by atoms with Gasteiger partial charge in [-0.3, -0.25) is 4.68 Å². The lowest BCUT2D eigenvalue weighted by Gasteiger charge is -2.19. The lowest BCUT2D eigenvalue weighted by molar-refractivity contribution is 0.240. The molecule has 0 radical (unpaired) electrons. The standard InChI is InChI=1S/C23H29N5O/c1-18-22(19(2)28(26-18)17-20-10-6-4-7-11-20)16-25-23(29)24-14-15-27(3)21-12-8-5-9-13-21/h4-13H,14-17H2,1-3H3,(H2,24,25,29). The van der Waals surface area contributed by atoms with Crippen molar-refractivity contribution in [2.75, 3.05) is 25.0 Å². The van der Waals surface area contributed by atoms with Crippen LogP contribution < -0.4 is 15.5 Å². The highest BCUT2D eigenvalue weighted by Gasteiger charge is 2.13. The molecular weight excluding hydrogens is 362 g/mol. The molecule has 2 aromatic carbocycles. The van der Waals surface area contributed by atoms with Crippen LogP contribution in [0.5, 0.6) is 0 Å². The molecule has 0 aliphatic rings. The number of aromatic nitrogens is 2. The van der Waals surface area contributed by atoms with Crippen molar-refractivity contribution in [3.63, 3.8) is 0 Å². The molecule has 0 aliphatic carbocycles. The third-order valence-corrected chi connectivity index (χ3v) is 5.06. The number of rotatable bonds is 8. The average molecular weight is 392 g/mol. The molecular formula is C23H29N5O. The molecule has 0 spiro atoms. The van der Waals surface area contributed by atoms with E-state index in [1.807, 2.05) is 62.0 Å². The molecule has 152 valence electrons. The van der Waals surface area contributed by atoms with Crippen LogP contribution in [-0.4, -0.2) is 35.9 Å². The zero-order valence-electron chi connectivity index (χ0n) is 17.4. The van der Waals surface area contributed by atoms with Crippen molar-refractivity contribution >= 4 is 11.7 Å². The Morgan fingerprint density at radius 1 is 1.00 bits per heavy atom. The molecule has 0 fully saturated rings. The number of amides is 2. The molecule has 3 aromatic rings. The molecule has 0 bridgehead atoms. The Morgan fingerprint density at radius 3 is 2.34 bits per heavy atom. The lowest BCUT2D eigenvalue weighted by Crippen LogP contribution is -2.39. The summed E-state index contributed by atoms with van der Waals surface area (Å²) in [6.07, 6.45) is 0. The largest absolute Gasteiger partial charge is 0.373 e. The van der Waals surface area contributed by atoms with Crippen molar-refractivity contribution in [1.29, 1.82) is 0 Å². The maximum Gasteiger partial charge on any atom is 0.315 e. The Morgan fingerprint density at radius 2 is 1.66 bits per heavy atom. The number of urea groups is 1. The summed E-state index contributed by atoms with van der Waals surface area (Å²) < 4.78 is 1.99. The highest BCUT2D eigenvalue weighted by atomic mass is 16.2. The summed E-state index contributed by atoms with van der Waals surface area (Å²) in [4.78, 5) is 14.3. The zero-order valence-corrected chi connectivity index (χ0v) is 17.4. The number of carbonyl (C=O) groups is 1. The van der Waals surface area contributed by atoms with Gasteiger partial charge in [0.05, 0.1) is 12.2 Å². The lowest BCUT2D eigenvalue weighted by atomic mass is 10.2. The number of para-hydroxylation sites is 1. The van der Waals surface area contributed by atoms with Crippen LogP contribution in [0.25, 0.3) is 0 Å². The van der Waals surface area contributed by atoms with Gasteiger partial charge in [-0.05, 0) is 31.5 Å².